The second-order valence-corrected chi connectivity index (χ2v) is 6.68. The molecule has 6 heteroatoms. The molecule has 2 N–H and O–H groups in total. The summed E-state index contributed by atoms with van der Waals surface area (Å²) in [4.78, 5) is 11.7. The molecule has 1 atom stereocenters. The Hall–Kier alpha value is -1.50. The topological polar surface area (TPSA) is 77.2 Å². The summed E-state index contributed by atoms with van der Waals surface area (Å²) in [7, 11) is -3.72. The molecule has 0 aliphatic rings. The van der Waals surface area contributed by atoms with Crippen LogP contribution in [0.15, 0.2) is 59.5 Å². The zero-order valence-corrected chi connectivity index (χ0v) is 12.8. The molecule has 2 rings (SSSR count). The van der Waals surface area contributed by atoms with E-state index in [1.54, 1.807) is 36.4 Å². The van der Waals surface area contributed by atoms with Gasteiger partial charge in [0.15, 0.2) is 5.78 Å². The molecule has 0 saturated heterocycles. The summed E-state index contributed by atoms with van der Waals surface area (Å²) in [5.41, 5.74) is 1.26. The fourth-order valence-electron chi connectivity index (χ4n) is 1.73. The van der Waals surface area contributed by atoms with E-state index in [1.165, 1.54) is 12.1 Å². The normalized spacial score (nSPS) is 12.9. The number of hydrogen-bond donors (Lipinski definition) is 1. The van der Waals surface area contributed by atoms with Crippen molar-refractivity contribution in [1.82, 2.24) is 0 Å². The van der Waals surface area contributed by atoms with Crippen LogP contribution in [0.25, 0.3) is 0 Å². The second kappa shape index (κ2) is 5.87. The Kier molecular flexibility index (Phi) is 4.37. The highest BCUT2D eigenvalue weighted by Gasteiger charge is 2.19. The molecule has 0 aliphatic carbocycles. The van der Waals surface area contributed by atoms with E-state index in [4.69, 9.17) is 5.14 Å². The van der Waals surface area contributed by atoms with E-state index in [9.17, 15) is 13.2 Å². The van der Waals surface area contributed by atoms with Crippen LogP contribution < -0.4 is 5.14 Å². The molecular weight excluding hydrogens is 342 g/mol. The largest absolute Gasteiger partial charge is 0.293 e. The van der Waals surface area contributed by atoms with E-state index in [0.29, 0.717) is 11.1 Å². The van der Waals surface area contributed by atoms with Crippen LogP contribution in [0.5, 0.6) is 0 Å². The monoisotopic (exact) mass is 353 g/mol. The maximum atomic E-state index is 12.2. The number of Topliss-reactive ketones (excluding diaryl/α,β-unsaturated/α-hetero) is 1. The molecule has 0 heterocycles. The lowest BCUT2D eigenvalue weighted by Gasteiger charge is -2.10. The standard InChI is InChI=1S/C14H12BrNO3S/c15-13(14(17)11-4-2-1-3-5-11)10-6-8-12(9-7-10)20(16,18)19/h1-9,13H,(H2,16,18,19). The van der Waals surface area contributed by atoms with Crippen LogP contribution in [0.4, 0.5) is 0 Å². The third-order valence-corrected chi connectivity index (χ3v) is 4.66. The van der Waals surface area contributed by atoms with Crippen LogP contribution in [0.3, 0.4) is 0 Å². The molecule has 2 aromatic carbocycles. The van der Waals surface area contributed by atoms with Crippen LogP contribution >= 0.6 is 15.9 Å². The molecule has 0 aliphatic heterocycles. The van der Waals surface area contributed by atoms with Crippen molar-refractivity contribution in [2.24, 2.45) is 5.14 Å². The van der Waals surface area contributed by atoms with Gasteiger partial charge in [0.25, 0.3) is 0 Å². The van der Waals surface area contributed by atoms with Gasteiger partial charge in [-0.15, -0.1) is 0 Å². The summed E-state index contributed by atoms with van der Waals surface area (Å²) in [6.07, 6.45) is 0. The fraction of sp³-hybridized carbons (Fsp3) is 0.0714. The summed E-state index contributed by atoms with van der Waals surface area (Å²) in [5.74, 6) is -0.0889. The van der Waals surface area contributed by atoms with Crippen LogP contribution in [-0.4, -0.2) is 14.2 Å². The molecule has 1 unspecified atom stereocenters. The molecule has 104 valence electrons. The molecule has 0 saturated carbocycles. The lowest BCUT2D eigenvalue weighted by atomic mass is 10.0. The Balaban J connectivity index is 2.26. The highest BCUT2D eigenvalue weighted by atomic mass is 79.9. The number of benzene rings is 2. The zero-order valence-electron chi connectivity index (χ0n) is 10.4. The second-order valence-electron chi connectivity index (χ2n) is 4.21. The first kappa shape index (κ1) is 14.9. The first-order valence-electron chi connectivity index (χ1n) is 5.75. The molecular formula is C14H12BrNO3S. The molecule has 4 nitrogen and oxygen atoms in total. The van der Waals surface area contributed by atoms with Gasteiger partial charge in [0.05, 0.1) is 4.90 Å². The van der Waals surface area contributed by atoms with E-state index in [2.05, 4.69) is 15.9 Å². The third-order valence-electron chi connectivity index (χ3n) is 2.79. The Bertz CT molecular complexity index is 712. The molecule has 0 spiro atoms. The molecule has 0 fully saturated rings. The highest BCUT2D eigenvalue weighted by Crippen LogP contribution is 2.27. The predicted octanol–water partition coefficient (Wildman–Crippen LogP) is 2.65. The molecule has 0 aromatic heterocycles. The van der Waals surface area contributed by atoms with Gasteiger partial charge < -0.3 is 0 Å². The summed E-state index contributed by atoms with van der Waals surface area (Å²) in [6, 6.07) is 14.8. The van der Waals surface area contributed by atoms with Crippen molar-refractivity contribution in [2.75, 3.05) is 0 Å². The van der Waals surface area contributed by atoms with Gasteiger partial charge in [-0.3, -0.25) is 4.79 Å². The number of rotatable bonds is 4. The van der Waals surface area contributed by atoms with Crippen molar-refractivity contribution >= 4 is 31.7 Å². The van der Waals surface area contributed by atoms with Crippen LogP contribution in [0, 0.1) is 0 Å². The van der Waals surface area contributed by atoms with Gasteiger partial charge in [-0.05, 0) is 17.7 Å². The van der Waals surface area contributed by atoms with Gasteiger partial charge >= 0.3 is 0 Å². The van der Waals surface area contributed by atoms with E-state index >= 15 is 0 Å². The summed E-state index contributed by atoms with van der Waals surface area (Å²) < 4.78 is 22.3. The number of sulfonamides is 1. The molecule has 0 amide bonds. The lowest BCUT2D eigenvalue weighted by molar-refractivity contribution is 0.0991. The number of nitrogens with two attached hydrogens (primary N) is 1. The lowest BCUT2D eigenvalue weighted by Crippen LogP contribution is -2.12. The first-order valence-corrected chi connectivity index (χ1v) is 8.22. The maximum Gasteiger partial charge on any atom is 0.238 e. The SMILES string of the molecule is NS(=O)(=O)c1ccc(C(Br)C(=O)c2ccccc2)cc1. The maximum absolute atomic E-state index is 12.2. The van der Waals surface area contributed by atoms with Gasteiger partial charge in [-0.1, -0.05) is 58.4 Å². The minimum absolute atomic E-state index is 0.0214. The highest BCUT2D eigenvalue weighted by molar-refractivity contribution is 9.09. The Morgan fingerprint density at radius 2 is 1.55 bits per heavy atom. The van der Waals surface area contributed by atoms with Crippen molar-refractivity contribution in [3.05, 3.63) is 65.7 Å². The zero-order chi connectivity index (χ0) is 14.8. The van der Waals surface area contributed by atoms with Crippen LogP contribution in [-0.2, 0) is 10.0 Å². The number of carbonyl (C=O) groups is 1. The molecule has 20 heavy (non-hydrogen) atoms. The Morgan fingerprint density at radius 3 is 2.05 bits per heavy atom. The number of halogens is 1. The van der Waals surface area contributed by atoms with Crippen molar-refractivity contribution in [2.45, 2.75) is 9.72 Å². The van der Waals surface area contributed by atoms with E-state index < -0.39 is 14.9 Å². The van der Waals surface area contributed by atoms with Gasteiger partial charge in [0, 0.05) is 5.56 Å². The van der Waals surface area contributed by atoms with Crippen molar-refractivity contribution in [3.63, 3.8) is 0 Å². The first-order chi connectivity index (χ1) is 9.39. The minimum atomic E-state index is -3.72. The summed E-state index contributed by atoms with van der Waals surface area (Å²) in [6.45, 7) is 0. The van der Waals surface area contributed by atoms with Crippen LogP contribution in [0.2, 0.25) is 0 Å². The number of ketones is 1. The van der Waals surface area contributed by atoms with Crippen LogP contribution in [0.1, 0.15) is 20.7 Å². The molecule has 0 bridgehead atoms. The van der Waals surface area contributed by atoms with Crippen molar-refractivity contribution in [1.29, 1.82) is 0 Å². The minimum Gasteiger partial charge on any atom is -0.293 e. The van der Waals surface area contributed by atoms with Gasteiger partial charge in [-0.25, -0.2) is 13.6 Å². The molecule has 2 aromatic rings. The fourth-order valence-corrected chi connectivity index (χ4v) is 2.81. The number of primary sulfonamides is 1. The third kappa shape index (κ3) is 3.33. The summed E-state index contributed by atoms with van der Waals surface area (Å²) >= 11 is 3.33. The Morgan fingerprint density at radius 1 is 1.00 bits per heavy atom. The van der Waals surface area contributed by atoms with Gasteiger partial charge in [0.2, 0.25) is 10.0 Å². The average molecular weight is 354 g/mol. The average Bonchev–Trinajstić information content (AvgIpc) is 2.46. The predicted molar refractivity (Wildman–Crippen MR) is 80.3 cm³/mol. The van der Waals surface area contributed by atoms with Gasteiger partial charge in [-0.2, -0.15) is 0 Å². The number of carbonyl (C=O) groups excluding carboxylic acids is 1. The number of alkyl halides is 1. The van der Waals surface area contributed by atoms with E-state index in [0.717, 1.165) is 0 Å². The quantitative estimate of drug-likeness (QED) is 0.677. The van der Waals surface area contributed by atoms with Crippen molar-refractivity contribution < 1.29 is 13.2 Å². The van der Waals surface area contributed by atoms with E-state index in [-0.39, 0.29) is 10.7 Å². The van der Waals surface area contributed by atoms with Crippen molar-refractivity contribution in [3.8, 4) is 0 Å². The Labute approximate surface area is 125 Å². The van der Waals surface area contributed by atoms with Gasteiger partial charge in [0.1, 0.15) is 4.83 Å². The smallest absolute Gasteiger partial charge is 0.238 e. The summed E-state index contributed by atoms with van der Waals surface area (Å²) in [5, 5.41) is 5.03. The molecule has 0 radical (unpaired) electrons. The van der Waals surface area contributed by atoms with E-state index in [1.807, 2.05) is 6.07 Å². The number of hydrogen-bond acceptors (Lipinski definition) is 3.